The Kier molecular flexibility index (Phi) is 4.65. The summed E-state index contributed by atoms with van der Waals surface area (Å²) in [7, 11) is 0. The molecule has 0 aromatic heterocycles. The van der Waals surface area contributed by atoms with Crippen molar-refractivity contribution in [3.05, 3.63) is 0 Å². The molecular weight excluding hydrogens is 248 g/mol. The van der Waals surface area contributed by atoms with Crippen LogP contribution in [0.25, 0.3) is 0 Å². The van der Waals surface area contributed by atoms with Gasteiger partial charge < -0.3 is 4.90 Å². The van der Waals surface area contributed by atoms with E-state index in [9.17, 15) is 4.79 Å². The predicted molar refractivity (Wildman–Crippen MR) is 81.3 cm³/mol. The molecule has 1 amide bonds. The molecule has 0 aromatic carbocycles. The van der Waals surface area contributed by atoms with E-state index in [0.29, 0.717) is 24.0 Å². The van der Waals surface area contributed by atoms with Crippen LogP contribution >= 0.6 is 0 Å². The Labute approximate surface area is 123 Å². The molecule has 3 rings (SSSR count). The molecule has 1 saturated heterocycles. The average Bonchev–Trinajstić information content (AvgIpc) is 3.09. The highest BCUT2D eigenvalue weighted by Gasteiger charge is 2.45. The van der Waals surface area contributed by atoms with Crippen molar-refractivity contribution in [2.45, 2.75) is 95.8 Å². The largest absolute Gasteiger partial charge is 0.323 e. The van der Waals surface area contributed by atoms with E-state index in [1.54, 1.807) is 0 Å². The number of rotatable bonds is 4. The van der Waals surface area contributed by atoms with Crippen LogP contribution in [0.4, 0.5) is 0 Å². The molecule has 1 heterocycles. The van der Waals surface area contributed by atoms with E-state index in [2.05, 4.69) is 17.1 Å². The smallest absolute Gasteiger partial charge is 0.241 e. The van der Waals surface area contributed by atoms with Gasteiger partial charge in [0.15, 0.2) is 0 Å². The highest BCUT2D eigenvalue weighted by Crippen LogP contribution is 2.36. The quantitative estimate of drug-likeness (QED) is 0.854. The summed E-state index contributed by atoms with van der Waals surface area (Å²) in [6.45, 7) is 2.18. The van der Waals surface area contributed by atoms with Crippen LogP contribution in [0.2, 0.25) is 0 Å². The van der Waals surface area contributed by atoms with Crippen LogP contribution in [-0.2, 0) is 4.79 Å². The average molecular weight is 278 g/mol. The fraction of sp³-hybridized carbons (Fsp3) is 0.941. The highest BCUT2D eigenvalue weighted by atomic mass is 16.2. The number of hydrogen-bond donors (Lipinski definition) is 1. The monoisotopic (exact) mass is 278 g/mol. The van der Waals surface area contributed by atoms with Crippen LogP contribution < -0.4 is 5.32 Å². The summed E-state index contributed by atoms with van der Waals surface area (Å²) < 4.78 is 0. The molecule has 2 saturated carbocycles. The standard InChI is InChI=1S/C17H30N2O/c1-2-8-15-17(20)19(14-11-4-3-5-12-14)16(18-15)13-9-6-7-10-13/h13-16,18H,2-12H2,1H3. The summed E-state index contributed by atoms with van der Waals surface area (Å²) in [4.78, 5) is 15.1. The maximum Gasteiger partial charge on any atom is 0.241 e. The molecule has 2 atom stereocenters. The van der Waals surface area contributed by atoms with Crippen molar-refractivity contribution < 1.29 is 4.79 Å². The van der Waals surface area contributed by atoms with Crippen molar-refractivity contribution in [1.29, 1.82) is 0 Å². The van der Waals surface area contributed by atoms with Gasteiger partial charge >= 0.3 is 0 Å². The Morgan fingerprint density at radius 3 is 2.35 bits per heavy atom. The summed E-state index contributed by atoms with van der Waals surface area (Å²) in [5, 5.41) is 3.71. The van der Waals surface area contributed by atoms with Crippen molar-refractivity contribution in [2.24, 2.45) is 5.92 Å². The molecule has 0 radical (unpaired) electrons. The molecule has 3 fully saturated rings. The first-order valence-corrected chi connectivity index (χ1v) is 8.89. The summed E-state index contributed by atoms with van der Waals surface area (Å²) >= 11 is 0. The summed E-state index contributed by atoms with van der Waals surface area (Å²) in [6.07, 6.45) is 14.2. The molecule has 114 valence electrons. The summed E-state index contributed by atoms with van der Waals surface area (Å²) in [5.74, 6) is 1.12. The molecule has 3 nitrogen and oxygen atoms in total. The number of nitrogens with one attached hydrogen (secondary N) is 1. The minimum Gasteiger partial charge on any atom is -0.323 e. The topological polar surface area (TPSA) is 32.3 Å². The molecule has 1 aliphatic heterocycles. The van der Waals surface area contributed by atoms with Gasteiger partial charge in [0.05, 0.1) is 12.2 Å². The third-order valence-electron chi connectivity index (χ3n) is 5.62. The SMILES string of the molecule is CCCC1NC(C2CCCC2)N(C2CCCCC2)C1=O. The molecule has 3 heteroatoms. The van der Waals surface area contributed by atoms with Crippen molar-refractivity contribution in [1.82, 2.24) is 10.2 Å². The Balaban J connectivity index is 1.75. The maximum atomic E-state index is 12.8. The zero-order chi connectivity index (χ0) is 13.9. The van der Waals surface area contributed by atoms with Gasteiger partial charge in [-0.1, -0.05) is 45.4 Å². The normalized spacial score (nSPS) is 33.2. The molecule has 0 aromatic rings. The van der Waals surface area contributed by atoms with E-state index < -0.39 is 0 Å². The first kappa shape index (κ1) is 14.4. The molecule has 20 heavy (non-hydrogen) atoms. The van der Waals surface area contributed by atoms with E-state index in [0.717, 1.165) is 12.8 Å². The van der Waals surface area contributed by atoms with E-state index in [4.69, 9.17) is 0 Å². The maximum absolute atomic E-state index is 12.8. The van der Waals surface area contributed by atoms with Crippen molar-refractivity contribution in [3.8, 4) is 0 Å². The molecule has 0 spiro atoms. The Morgan fingerprint density at radius 2 is 1.70 bits per heavy atom. The lowest BCUT2D eigenvalue weighted by Gasteiger charge is -2.37. The van der Waals surface area contributed by atoms with Gasteiger partial charge in [0, 0.05) is 6.04 Å². The number of amides is 1. The van der Waals surface area contributed by atoms with Gasteiger partial charge in [0.2, 0.25) is 5.91 Å². The number of hydrogen-bond acceptors (Lipinski definition) is 2. The Bertz CT molecular complexity index is 332. The zero-order valence-electron chi connectivity index (χ0n) is 12.9. The van der Waals surface area contributed by atoms with Crippen LogP contribution in [0.3, 0.4) is 0 Å². The van der Waals surface area contributed by atoms with Crippen LogP contribution in [0, 0.1) is 5.92 Å². The van der Waals surface area contributed by atoms with Gasteiger partial charge in [0.25, 0.3) is 0 Å². The fourth-order valence-corrected chi connectivity index (χ4v) is 4.57. The van der Waals surface area contributed by atoms with Gasteiger partial charge in [-0.05, 0) is 38.0 Å². The first-order valence-electron chi connectivity index (χ1n) is 8.89. The zero-order valence-corrected chi connectivity index (χ0v) is 12.9. The second kappa shape index (κ2) is 6.46. The van der Waals surface area contributed by atoms with E-state index >= 15 is 0 Å². The summed E-state index contributed by atoms with van der Waals surface area (Å²) in [5.41, 5.74) is 0. The van der Waals surface area contributed by atoms with Crippen LogP contribution in [0.15, 0.2) is 0 Å². The lowest BCUT2D eigenvalue weighted by molar-refractivity contribution is -0.133. The van der Waals surface area contributed by atoms with E-state index in [-0.39, 0.29) is 6.04 Å². The summed E-state index contributed by atoms with van der Waals surface area (Å²) in [6, 6.07) is 0.628. The van der Waals surface area contributed by atoms with Gasteiger partial charge in [0.1, 0.15) is 0 Å². The van der Waals surface area contributed by atoms with Gasteiger partial charge in [-0.3, -0.25) is 10.1 Å². The predicted octanol–water partition coefficient (Wildman–Crippen LogP) is 3.44. The minimum absolute atomic E-state index is 0.104. The number of nitrogens with zero attached hydrogens (tertiary/aromatic N) is 1. The molecule has 2 unspecified atom stereocenters. The molecular formula is C17H30N2O. The van der Waals surface area contributed by atoms with Crippen molar-refractivity contribution in [3.63, 3.8) is 0 Å². The Hall–Kier alpha value is -0.570. The van der Waals surface area contributed by atoms with Crippen LogP contribution in [-0.4, -0.2) is 29.1 Å². The van der Waals surface area contributed by atoms with Crippen molar-refractivity contribution >= 4 is 5.91 Å². The highest BCUT2D eigenvalue weighted by molar-refractivity contribution is 5.84. The lowest BCUT2D eigenvalue weighted by Crippen LogP contribution is -2.48. The lowest BCUT2D eigenvalue weighted by atomic mass is 9.92. The second-order valence-corrected chi connectivity index (χ2v) is 7.03. The molecule has 0 bridgehead atoms. The molecule has 3 aliphatic rings. The van der Waals surface area contributed by atoms with Gasteiger partial charge in [-0.25, -0.2) is 0 Å². The van der Waals surface area contributed by atoms with E-state index in [1.165, 1.54) is 57.8 Å². The molecule has 2 aliphatic carbocycles. The molecule has 1 N–H and O–H groups in total. The second-order valence-electron chi connectivity index (χ2n) is 7.03. The van der Waals surface area contributed by atoms with Gasteiger partial charge in [-0.15, -0.1) is 0 Å². The first-order chi connectivity index (χ1) is 9.81. The van der Waals surface area contributed by atoms with Crippen molar-refractivity contribution in [2.75, 3.05) is 0 Å². The minimum atomic E-state index is 0.104. The third kappa shape index (κ3) is 2.74. The fourth-order valence-electron chi connectivity index (χ4n) is 4.57. The number of carbonyl (C=O) groups is 1. The van der Waals surface area contributed by atoms with Gasteiger partial charge in [-0.2, -0.15) is 0 Å². The van der Waals surface area contributed by atoms with E-state index in [1.807, 2.05) is 0 Å². The number of carbonyl (C=O) groups excluding carboxylic acids is 1. The van der Waals surface area contributed by atoms with Crippen LogP contribution in [0.5, 0.6) is 0 Å². The third-order valence-corrected chi connectivity index (χ3v) is 5.62. The van der Waals surface area contributed by atoms with Crippen LogP contribution in [0.1, 0.15) is 77.6 Å². The Morgan fingerprint density at radius 1 is 1.05 bits per heavy atom.